The summed E-state index contributed by atoms with van der Waals surface area (Å²) in [5.74, 6) is 2.19. The van der Waals surface area contributed by atoms with E-state index in [1.165, 1.54) is 19.4 Å². The van der Waals surface area contributed by atoms with Crippen LogP contribution in [0, 0.1) is 17.8 Å². The number of carbonyl (C=O) groups excluding carboxylic acids is 1. The van der Waals surface area contributed by atoms with Crippen LogP contribution >= 0.6 is 0 Å². The number of piperidine rings is 3. The van der Waals surface area contributed by atoms with E-state index in [2.05, 4.69) is 20.4 Å². The first kappa shape index (κ1) is 12.6. The molecule has 22 heavy (non-hydrogen) atoms. The number of nitrogens with one attached hydrogen (secondary N) is 2. The second-order valence-electron chi connectivity index (χ2n) is 7.21. The van der Waals surface area contributed by atoms with Gasteiger partial charge in [-0.15, -0.1) is 0 Å². The zero-order valence-electron chi connectivity index (χ0n) is 12.5. The third-order valence-corrected chi connectivity index (χ3v) is 5.82. The highest BCUT2D eigenvalue weighted by molar-refractivity contribution is 6.06. The summed E-state index contributed by atoms with van der Waals surface area (Å²) in [7, 11) is 0. The summed E-state index contributed by atoms with van der Waals surface area (Å²) in [6.45, 7) is 3.60. The van der Waals surface area contributed by atoms with Gasteiger partial charge >= 0.3 is 0 Å². The Morgan fingerprint density at radius 1 is 1.23 bits per heavy atom. The van der Waals surface area contributed by atoms with E-state index in [-0.39, 0.29) is 5.91 Å². The number of benzene rings is 1. The van der Waals surface area contributed by atoms with Gasteiger partial charge in [0.05, 0.1) is 17.3 Å². The molecule has 5 heteroatoms. The van der Waals surface area contributed by atoms with E-state index in [0.717, 1.165) is 35.5 Å². The van der Waals surface area contributed by atoms with Crippen molar-refractivity contribution in [1.82, 2.24) is 20.4 Å². The summed E-state index contributed by atoms with van der Waals surface area (Å²) in [6.07, 6.45) is 4.31. The molecule has 3 saturated heterocycles. The number of carbonyl (C=O) groups is 1. The molecule has 114 valence electrons. The first-order valence-corrected chi connectivity index (χ1v) is 8.23. The van der Waals surface area contributed by atoms with Gasteiger partial charge in [-0.25, -0.2) is 0 Å². The van der Waals surface area contributed by atoms with Crippen LogP contribution in [0.25, 0.3) is 10.9 Å². The van der Waals surface area contributed by atoms with Gasteiger partial charge in [0, 0.05) is 31.1 Å². The fourth-order valence-electron chi connectivity index (χ4n) is 5.04. The van der Waals surface area contributed by atoms with Gasteiger partial charge in [-0.2, -0.15) is 5.10 Å². The molecule has 4 heterocycles. The van der Waals surface area contributed by atoms with Crippen LogP contribution in [0.1, 0.15) is 23.2 Å². The van der Waals surface area contributed by atoms with Crippen LogP contribution in [-0.4, -0.2) is 46.7 Å². The van der Waals surface area contributed by atoms with Crippen LogP contribution in [0.2, 0.25) is 0 Å². The van der Waals surface area contributed by atoms with Crippen molar-refractivity contribution in [3.8, 4) is 0 Å². The van der Waals surface area contributed by atoms with E-state index in [1.54, 1.807) is 6.20 Å². The van der Waals surface area contributed by atoms with Crippen LogP contribution in [0.4, 0.5) is 0 Å². The predicted octanol–water partition coefficient (Wildman–Crippen LogP) is 1.63. The fourth-order valence-corrected chi connectivity index (χ4v) is 5.04. The minimum atomic E-state index is 0.0551. The average molecular weight is 296 g/mol. The normalized spacial score (nSPS) is 35.9. The molecule has 1 amide bonds. The number of hydrogen-bond acceptors (Lipinski definition) is 3. The van der Waals surface area contributed by atoms with Gasteiger partial charge in [0.25, 0.3) is 5.91 Å². The van der Waals surface area contributed by atoms with Crippen LogP contribution < -0.4 is 5.32 Å². The van der Waals surface area contributed by atoms with Crippen LogP contribution in [0.3, 0.4) is 0 Å². The summed E-state index contributed by atoms with van der Waals surface area (Å²) in [5, 5.41) is 11.2. The van der Waals surface area contributed by atoms with Crippen LogP contribution in [0.15, 0.2) is 24.4 Å². The Balaban J connectivity index is 1.42. The highest BCUT2D eigenvalue weighted by Gasteiger charge is 2.47. The van der Waals surface area contributed by atoms with Gasteiger partial charge in [-0.1, -0.05) is 6.07 Å². The number of aromatic nitrogens is 2. The lowest BCUT2D eigenvalue weighted by atomic mass is 9.65. The van der Waals surface area contributed by atoms with Gasteiger partial charge in [-0.05, 0) is 42.7 Å². The molecule has 5 nitrogen and oxygen atoms in total. The van der Waals surface area contributed by atoms with E-state index >= 15 is 0 Å². The Kier molecular flexibility index (Phi) is 2.62. The van der Waals surface area contributed by atoms with Crippen molar-refractivity contribution in [2.24, 2.45) is 17.8 Å². The number of H-pyrrole nitrogens is 1. The maximum atomic E-state index is 12.8. The molecule has 0 radical (unpaired) electrons. The molecule has 2 N–H and O–H groups in total. The average Bonchev–Trinajstić information content (AvgIpc) is 2.98. The first-order valence-electron chi connectivity index (χ1n) is 8.23. The molecular formula is C17H20N4O. The van der Waals surface area contributed by atoms with E-state index in [0.29, 0.717) is 17.9 Å². The Bertz CT molecular complexity index is 709. The minimum absolute atomic E-state index is 0.0551. The first-order chi connectivity index (χ1) is 10.8. The summed E-state index contributed by atoms with van der Waals surface area (Å²) >= 11 is 0. The van der Waals surface area contributed by atoms with E-state index in [9.17, 15) is 4.79 Å². The summed E-state index contributed by atoms with van der Waals surface area (Å²) in [4.78, 5) is 15.4. The van der Waals surface area contributed by atoms with E-state index < -0.39 is 0 Å². The van der Waals surface area contributed by atoms with Gasteiger partial charge in [-0.3, -0.25) is 9.89 Å². The summed E-state index contributed by atoms with van der Waals surface area (Å²) in [5.41, 5.74) is 1.66. The molecular weight excluding hydrogens is 276 g/mol. The number of hydrogen-bond donors (Lipinski definition) is 2. The molecule has 0 spiro atoms. The molecule has 3 unspecified atom stereocenters. The SMILES string of the molecule is O=C(NC1[C@@H]2CC3C[C@H]1CN(C3)C2)c1cccc2[nH]ncc12. The highest BCUT2D eigenvalue weighted by atomic mass is 16.1. The lowest BCUT2D eigenvalue weighted by Gasteiger charge is -2.55. The molecule has 6 rings (SSSR count). The molecule has 1 saturated carbocycles. The van der Waals surface area contributed by atoms with E-state index in [1.807, 2.05) is 18.2 Å². The number of rotatable bonds is 2. The maximum Gasteiger partial charge on any atom is 0.252 e. The Morgan fingerprint density at radius 2 is 2.05 bits per heavy atom. The summed E-state index contributed by atoms with van der Waals surface area (Å²) in [6, 6.07) is 6.11. The van der Waals surface area contributed by atoms with Crippen molar-refractivity contribution >= 4 is 16.8 Å². The number of fused-ring (bicyclic) bond motifs is 1. The zero-order valence-corrected chi connectivity index (χ0v) is 12.5. The van der Waals surface area contributed by atoms with Gasteiger partial charge < -0.3 is 10.2 Å². The lowest BCUT2D eigenvalue weighted by Crippen LogP contribution is -2.64. The monoisotopic (exact) mass is 296 g/mol. The number of nitrogens with zero attached hydrogens (tertiary/aromatic N) is 2. The molecule has 5 atom stereocenters. The van der Waals surface area contributed by atoms with Crippen molar-refractivity contribution in [2.45, 2.75) is 18.9 Å². The third-order valence-electron chi connectivity index (χ3n) is 5.82. The molecule has 1 aromatic carbocycles. The van der Waals surface area contributed by atoms with Crippen molar-refractivity contribution in [3.05, 3.63) is 30.0 Å². The standard InChI is InChI=1S/C17H20N4O/c22-17(13-2-1-3-15-14(13)6-18-20-15)19-16-11-4-10-5-12(16)9-21(7-10)8-11/h1-3,6,10-12,16H,4-5,7-9H2,(H,18,20)(H,19,22)/t10?,11-,12+,16?. The minimum Gasteiger partial charge on any atom is -0.349 e. The smallest absolute Gasteiger partial charge is 0.252 e. The van der Waals surface area contributed by atoms with Gasteiger partial charge in [0.2, 0.25) is 0 Å². The highest BCUT2D eigenvalue weighted by Crippen LogP contribution is 2.43. The fraction of sp³-hybridized carbons (Fsp3) is 0.529. The predicted molar refractivity (Wildman–Crippen MR) is 83.5 cm³/mol. The topological polar surface area (TPSA) is 61.0 Å². The molecule has 1 aromatic heterocycles. The van der Waals surface area contributed by atoms with Gasteiger partial charge in [0.15, 0.2) is 0 Å². The number of amides is 1. The van der Waals surface area contributed by atoms with Gasteiger partial charge in [0.1, 0.15) is 0 Å². The largest absolute Gasteiger partial charge is 0.349 e. The molecule has 1 aliphatic carbocycles. The zero-order chi connectivity index (χ0) is 14.7. The molecule has 2 aromatic rings. The molecule has 4 fully saturated rings. The molecule has 4 aliphatic rings. The van der Waals surface area contributed by atoms with Crippen LogP contribution in [-0.2, 0) is 0 Å². The lowest BCUT2D eigenvalue weighted by molar-refractivity contribution is -0.0418. The third kappa shape index (κ3) is 1.81. The van der Waals surface area contributed by atoms with Crippen LogP contribution in [0.5, 0.6) is 0 Å². The maximum absolute atomic E-state index is 12.8. The molecule has 4 bridgehead atoms. The van der Waals surface area contributed by atoms with Crippen molar-refractivity contribution in [1.29, 1.82) is 0 Å². The summed E-state index contributed by atoms with van der Waals surface area (Å²) < 4.78 is 0. The molecule has 3 aliphatic heterocycles. The van der Waals surface area contributed by atoms with Crippen molar-refractivity contribution < 1.29 is 4.79 Å². The van der Waals surface area contributed by atoms with Crippen molar-refractivity contribution in [3.63, 3.8) is 0 Å². The Hall–Kier alpha value is -1.88. The van der Waals surface area contributed by atoms with Crippen molar-refractivity contribution in [2.75, 3.05) is 19.6 Å². The Morgan fingerprint density at radius 3 is 2.82 bits per heavy atom. The van der Waals surface area contributed by atoms with E-state index in [4.69, 9.17) is 0 Å². The Labute approximate surface area is 129 Å². The second-order valence-corrected chi connectivity index (χ2v) is 7.21. The quantitative estimate of drug-likeness (QED) is 0.885. The second kappa shape index (κ2) is 4.56. The number of aromatic amines is 1.